The van der Waals surface area contributed by atoms with Crippen LogP contribution >= 0.6 is 0 Å². The number of ether oxygens (including phenoxy) is 1. The molecular formula is C7H12N2O. The second kappa shape index (κ2) is 2.84. The third-order valence-corrected chi connectivity index (χ3v) is 1.62. The van der Waals surface area contributed by atoms with E-state index in [0.29, 0.717) is 0 Å². The van der Waals surface area contributed by atoms with Crippen molar-refractivity contribution < 1.29 is 4.74 Å². The summed E-state index contributed by atoms with van der Waals surface area (Å²) in [6, 6.07) is 0. The van der Waals surface area contributed by atoms with E-state index in [4.69, 9.17) is 4.74 Å². The van der Waals surface area contributed by atoms with Crippen LogP contribution in [0.4, 0.5) is 0 Å². The number of nitrogens with zero attached hydrogens (tertiary/aromatic N) is 2. The van der Waals surface area contributed by atoms with E-state index in [2.05, 4.69) is 4.98 Å². The standard InChI is InChI=1S/C7H12N2O/c1-6(10-3)7-4-8-5-9(7)2/h4-6H,1-3H3. The van der Waals surface area contributed by atoms with Gasteiger partial charge < -0.3 is 9.30 Å². The number of rotatable bonds is 2. The van der Waals surface area contributed by atoms with Gasteiger partial charge in [0.1, 0.15) is 0 Å². The molecule has 1 unspecified atom stereocenters. The van der Waals surface area contributed by atoms with Crippen LogP contribution in [0.25, 0.3) is 0 Å². The fraction of sp³-hybridized carbons (Fsp3) is 0.571. The van der Waals surface area contributed by atoms with Crippen molar-refractivity contribution in [2.45, 2.75) is 13.0 Å². The summed E-state index contributed by atoms with van der Waals surface area (Å²) in [6.07, 6.45) is 3.71. The molecule has 0 fully saturated rings. The lowest BCUT2D eigenvalue weighted by Crippen LogP contribution is -2.01. The third kappa shape index (κ3) is 1.19. The molecule has 1 aromatic rings. The van der Waals surface area contributed by atoms with Gasteiger partial charge in [0, 0.05) is 14.2 Å². The van der Waals surface area contributed by atoms with E-state index < -0.39 is 0 Å². The average Bonchev–Trinajstić information content (AvgIpc) is 2.34. The molecule has 10 heavy (non-hydrogen) atoms. The molecule has 1 heterocycles. The number of imidazole rings is 1. The number of methoxy groups -OCH3 is 1. The number of hydrogen-bond donors (Lipinski definition) is 0. The fourth-order valence-electron chi connectivity index (χ4n) is 0.880. The van der Waals surface area contributed by atoms with Gasteiger partial charge in [-0.2, -0.15) is 0 Å². The highest BCUT2D eigenvalue weighted by molar-refractivity contribution is 5.00. The van der Waals surface area contributed by atoms with E-state index in [1.165, 1.54) is 0 Å². The molecule has 0 bridgehead atoms. The zero-order valence-electron chi connectivity index (χ0n) is 6.53. The van der Waals surface area contributed by atoms with Crippen molar-refractivity contribution in [2.24, 2.45) is 7.05 Å². The van der Waals surface area contributed by atoms with Crippen molar-refractivity contribution >= 4 is 0 Å². The Morgan fingerprint density at radius 1 is 1.70 bits per heavy atom. The van der Waals surface area contributed by atoms with Crippen LogP contribution in [-0.4, -0.2) is 16.7 Å². The predicted octanol–water partition coefficient (Wildman–Crippen LogP) is 1.13. The molecule has 0 radical (unpaired) electrons. The van der Waals surface area contributed by atoms with Crippen LogP contribution < -0.4 is 0 Å². The SMILES string of the molecule is COC(C)c1cncn1C. The van der Waals surface area contributed by atoms with Crippen molar-refractivity contribution in [3.63, 3.8) is 0 Å². The average molecular weight is 140 g/mol. The molecule has 1 rings (SSSR count). The smallest absolute Gasteiger partial charge is 0.0958 e. The molecular weight excluding hydrogens is 128 g/mol. The van der Waals surface area contributed by atoms with Gasteiger partial charge in [0.2, 0.25) is 0 Å². The fourth-order valence-corrected chi connectivity index (χ4v) is 0.880. The van der Waals surface area contributed by atoms with E-state index in [-0.39, 0.29) is 6.10 Å². The maximum absolute atomic E-state index is 5.11. The van der Waals surface area contributed by atoms with E-state index in [1.54, 1.807) is 13.4 Å². The molecule has 0 aliphatic rings. The van der Waals surface area contributed by atoms with Gasteiger partial charge in [0.25, 0.3) is 0 Å². The molecule has 0 aromatic carbocycles. The van der Waals surface area contributed by atoms with Gasteiger partial charge in [0.15, 0.2) is 0 Å². The van der Waals surface area contributed by atoms with Crippen molar-refractivity contribution in [3.8, 4) is 0 Å². The lowest BCUT2D eigenvalue weighted by molar-refractivity contribution is 0.113. The Morgan fingerprint density at radius 2 is 2.40 bits per heavy atom. The Morgan fingerprint density at radius 3 is 2.80 bits per heavy atom. The molecule has 56 valence electrons. The summed E-state index contributed by atoms with van der Waals surface area (Å²) in [4.78, 5) is 3.97. The molecule has 3 nitrogen and oxygen atoms in total. The van der Waals surface area contributed by atoms with Crippen molar-refractivity contribution in [1.29, 1.82) is 0 Å². The van der Waals surface area contributed by atoms with Gasteiger partial charge >= 0.3 is 0 Å². The number of aryl methyl sites for hydroxylation is 1. The molecule has 0 N–H and O–H groups in total. The highest BCUT2D eigenvalue weighted by Gasteiger charge is 2.05. The molecule has 1 aromatic heterocycles. The summed E-state index contributed by atoms with van der Waals surface area (Å²) in [5.41, 5.74) is 1.10. The topological polar surface area (TPSA) is 27.1 Å². The van der Waals surface area contributed by atoms with E-state index in [1.807, 2.05) is 24.7 Å². The lowest BCUT2D eigenvalue weighted by atomic mass is 10.3. The summed E-state index contributed by atoms with van der Waals surface area (Å²) < 4.78 is 7.07. The maximum Gasteiger partial charge on any atom is 0.0958 e. The summed E-state index contributed by atoms with van der Waals surface area (Å²) >= 11 is 0. The number of aromatic nitrogens is 2. The second-order valence-electron chi connectivity index (χ2n) is 2.31. The first-order valence-electron chi connectivity index (χ1n) is 3.24. The van der Waals surface area contributed by atoms with E-state index in [9.17, 15) is 0 Å². The summed E-state index contributed by atoms with van der Waals surface area (Å²) in [6.45, 7) is 2.00. The minimum absolute atomic E-state index is 0.132. The molecule has 3 heteroatoms. The minimum atomic E-state index is 0.132. The first-order valence-corrected chi connectivity index (χ1v) is 3.24. The van der Waals surface area contributed by atoms with Crippen LogP contribution in [0.2, 0.25) is 0 Å². The second-order valence-corrected chi connectivity index (χ2v) is 2.31. The van der Waals surface area contributed by atoms with Gasteiger partial charge in [0.05, 0.1) is 24.3 Å². The van der Waals surface area contributed by atoms with Gasteiger partial charge in [-0.1, -0.05) is 0 Å². The van der Waals surface area contributed by atoms with Crippen LogP contribution in [0.5, 0.6) is 0 Å². The molecule has 0 aliphatic carbocycles. The molecule has 0 aliphatic heterocycles. The Hall–Kier alpha value is -0.830. The van der Waals surface area contributed by atoms with Crippen LogP contribution in [-0.2, 0) is 11.8 Å². The zero-order chi connectivity index (χ0) is 7.56. The van der Waals surface area contributed by atoms with Crippen LogP contribution in [0.1, 0.15) is 18.7 Å². The normalized spacial score (nSPS) is 13.5. The Balaban J connectivity index is 2.82. The van der Waals surface area contributed by atoms with Gasteiger partial charge in [-0.05, 0) is 6.92 Å². The van der Waals surface area contributed by atoms with Crippen LogP contribution in [0, 0.1) is 0 Å². The van der Waals surface area contributed by atoms with E-state index >= 15 is 0 Å². The van der Waals surface area contributed by atoms with Gasteiger partial charge in [-0.15, -0.1) is 0 Å². The first-order chi connectivity index (χ1) is 4.75. The zero-order valence-corrected chi connectivity index (χ0v) is 6.53. The third-order valence-electron chi connectivity index (χ3n) is 1.62. The lowest BCUT2D eigenvalue weighted by Gasteiger charge is -2.08. The molecule has 0 spiro atoms. The van der Waals surface area contributed by atoms with Gasteiger partial charge in [-0.25, -0.2) is 4.98 Å². The predicted molar refractivity (Wildman–Crippen MR) is 38.6 cm³/mol. The maximum atomic E-state index is 5.11. The van der Waals surface area contributed by atoms with Crippen molar-refractivity contribution in [2.75, 3.05) is 7.11 Å². The van der Waals surface area contributed by atoms with Crippen molar-refractivity contribution in [3.05, 3.63) is 18.2 Å². The number of hydrogen-bond acceptors (Lipinski definition) is 2. The molecule has 0 saturated carbocycles. The molecule has 0 amide bonds. The van der Waals surface area contributed by atoms with E-state index in [0.717, 1.165) is 5.69 Å². The quantitative estimate of drug-likeness (QED) is 0.615. The van der Waals surface area contributed by atoms with Crippen LogP contribution in [0.3, 0.4) is 0 Å². The first kappa shape index (κ1) is 7.28. The Labute approximate surface area is 60.6 Å². The van der Waals surface area contributed by atoms with Crippen molar-refractivity contribution in [1.82, 2.24) is 9.55 Å². The highest BCUT2D eigenvalue weighted by atomic mass is 16.5. The monoisotopic (exact) mass is 140 g/mol. The Bertz CT molecular complexity index is 207. The summed E-state index contributed by atoms with van der Waals surface area (Å²) in [7, 11) is 3.65. The summed E-state index contributed by atoms with van der Waals surface area (Å²) in [5, 5.41) is 0. The summed E-state index contributed by atoms with van der Waals surface area (Å²) in [5.74, 6) is 0. The highest BCUT2D eigenvalue weighted by Crippen LogP contribution is 2.12. The molecule has 1 atom stereocenters. The van der Waals surface area contributed by atoms with Gasteiger partial charge in [-0.3, -0.25) is 0 Å². The minimum Gasteiger partial charge on any atom is -0.375 e. The van der Waals surface area contributed by atoms with Crippen LogP contribution in [0.15, 0.2) is 12.5 Å². The Kier molecular flexibility index (Phi) is 2.06. The molecule has 0 saturated heterocycles. The largest absolute Gasteiger partial charge is 0.375 e.